The molecule has 0 spiro atoms. The number of pyridine rings is 1. The van der Waals surface area contributed by atoms with Gasteiger partial charge in [-0.05, 0) is 35.2 Å². The second kappa shape index (κ2) is 7.27. The molecule has 1 aromatic carbocycles. The molecule has 142 valence electrons. The molecule has 0 aliphatic carbocycles. The minimum Gasteiger partial charge on any atom is -0.495 e. The van der Waals surface area contributed by atoms with Crippen molar-refractivity contribution >= 4 is 5.91 Å². The van der Waals surface area contributed by atoms with Gasteiger partial charge in [-0.15, -0.1) is 0 Å². The Morgan fingerprint density at radius 2 is 2.11 bits per heavy atom. The average molecular weight is 369 g/mol. The predicted octanol–water partition coefficient (Wildman–Crippen LogP) is 2.88. The zero-order valence-electron chi connectivity index (χ0n) is 15.6. The van der Waals surface area contributed by atoms with Crippen LogP contribution in [0.3, 0.4) is 0 Å². The van der Waals surface area contributed by atoms with Crippen molar-refractivity contribution in [2.45, 2.75) is 19.5 Å². The smallest absolute Gasteiger partial charge is 0.219 e. The molecule has 27 heavy (non-hydrogen) atoms. The normalized spacial score (nSPS) is 24.9. The van der Waals surface area contributed by atoms with Crippen LogP contribution in [0.4, 0.5) is 4.39 Å². The van der Waals surface area contributed by atoms with Crippen LogP contribution in [0.2, 0.25) is 0 Å². The van der Waals surface area contributed by atoms with Crippen LogP contribution in [-0.4, -0.2) is 47.4 Å². The third-order valence-electron chi connectivity index (χ3n) is 5.75. The molecular formula is C21H24FN3O2. The summed E-state index contributed by atoms with van der Waals surface area (Å²) >= 11 is 0. The van der Waals surface area contributed by atoms with Crippen LogP contribution < -0.4 is 4.74 Å². The maximum Gasteiger partial charge on any atom is 0.219 e. The quantitative estimate of drug-likeness (QED) is 0.831. The molecule has 0 saturated carbocycles. The highest BCUT2D eigenvalue weighted by Gasteiger charge is 2.48. The zero-order chi connectivity index (χ0) is 19.0. The molecule has 3 atom stereocenters. The Morgan fingerprint density at radius 3 is 2.85 bits per heavy atom. The number of methoxy groups -OCH3 is 1. The number of carbonyl (C=O) groups excluding carboxylic acids is 1. The van der Waals surface area contributed by atoms with Crippen molar-refractivity contribution in [1.82, 2.24) is 14.8 Å². The zero-order valence-corrected chi connectivity index (χ0v) is 15.6. The number of benzene rings is 1. The molecular weight excluding hydrogens is 345 g/mol. The van der Waals surface area contributed by atoms with Crippen LogP contribution >= 0.6 is 0 Å². The van der Waals surface area contributed by atoms with Gasteiger partial charge in [0.05, 0.1) is 19.3 Å². The van der Waals surface area contributed by atoms with Crippen molar-refractivity contribution in [3.63, 3.8) is 0 Å². The molecule has 2 aliphatic rings. The van der Waals surface area contributed by atoms with Crippen molar-refractivity contribution in [2.24, 2.45) is 11.8 Å². The monoisotopic (exact) mass is 369 g/mol. The van der Waals surface area contributed by atoms with Gasteiger partial charge in [-0.1, -0.05) is 12.1 Å². The molecule has 1 aromatic heterocycles. The molecule has 2 aromatic rings. The van der Waals surface area contributed by atoms with Gasteiger partial charge in [-0.25, -0.2) is 4.39 Å². The highest BCUT2D eigenvalue weighted by atomic mass is 19.1. The van der Waals surface area contributed by atoms with Gasteiger partial charge >= 0.3 is 0 Å². The second-order valence-corrected chi connectivity index (χ2v) is 7.52. The van der Waals surface area contributed by atoms with Gasteiger partial charge in [0.15, 0.2) is 0 Å². The van der Waals surface area contributed by atoms with Gasteiger partial charge in [-0.2, -0.15) is 0 Å². The lowest BCUT2D eigenvalue weighted by molar-refractivity contribution is -0.130. The molecule has 0 bridgehead atoms. The molecule has 0 N–H and O–H groups in total. The molecule has 2 fully saturated rings. The number of likely N-dealkylation sites (tertiary alicyclic amines) is 2. The predicted molar refractivity (Wildman–Crippen MR) is 99.6 cm³/mol. The molecule has 1 amide bonds. The van der Waals surface area contributed by atoms with Crippen LogP contribution in [0.15, 0.2) is 42.7 Å². The van der Waals surface area contributed by atoms with E-state index in [1.165, 1.54) is 6.07 Å². The summed E-state index contributed by atoms with van der Waals surface area (Å²) in [5.74, 6) is 1.28. The molecule has 5 nitrogen and oxygen atoms in total. The van der Waals surface area contributed by atoms with Crippen LogP contribution in [0, 0.1) is 17.7 Å². The molecule has 2 saturated heterocycles. The fraction of sp³-hybridized carbons (Fsp3) is 0.429. The van der Waals surface area contributed by atoms with Crippen LogP contribution in [-0.2, 0) is 11.3 Å². The van der Waals surface area contributed by atoms with E-state index in [-0.39, 0.29) is 17.8 Å². The number of hydrogen-bond donors (Lipinski definition) is 0. The Hall–Kier alpha value is -2.47. The lowest BCUT2D eigenvalue weighted by Crippen LogP contribution is -2.34. The van der Waals surface area contributed by atoms with Crippen molar-refractivity contribution in [3.8, 4) is 5.75 Å². The number of aromatic nitrogens is 1. The van der Waals surface area contributed by atoms with Gasteiger partial charge < -0.3 is 9.64 Å². The van der Waals surface area contributed by atoms with Crippen LogP contribution in [0.25, 0.3) is 0 Å². The third kappa shape index (κ3) is 3.54. The van der Waals surface area contributed by atoms with Gasteiger partial charge in [0.1, 0.15) is 11.6 Å². The van der Waals surface area contributed by atoms with E-state index in [4.69, 9.17) is 4.74 Å². The second-order valence-electron chi connectivity index (χ2n) is 7.52. The molecule has 6 heteroatoms. The number of ether oxygens (including phenoxy) is 1. The summed E-state index contributed by atoms with van der Waals surface area (Å²) in [6.07, 6.45) is 3.56. The molecule has 0 unspecified atom stereocenters. The van der Waals surface area contributed by atoms with E-state index in [1.54, 1.807) is 32.4 Å². The topological polar surface area (TPSA) is 45.7 Å². The van der Waals surface area contributed by atoms with Gasteiger partial charge in [0.25, 0.3) is 0 Å². The highest BCUT2D eigenvalue weighted by Crippen LogP contribution is 2.45. The fourth-order valence-corrected chi connectivity index (χ4v) is 4.63. The summed E-state index contributed by atoms with van der Waals surface area (Å²) < 4.78 is 19.1. The number of rotatable bonds is 4. The summed E-state index contributed by atoms with van der Waals surface area (Å²) in [5, 5.41) is 0. The molecule has 2 aliphatic heterocycles. The number of nitrogens with zero attached hydrogens (tertiary/aromatic N) is 3. The van der Waals surface area contributed by atoms with E-state index in [2.05, 4.69) is 9.88 Å². The Kier molecular flexibility index (Phi) is 4.83. The summed E-state index contributed by atoms with van der Waals surface area (Å²) in [4.78, 5) is 20.7. The molecule has 0 radical (unpaired) electrons. The Bertz CT molecular complexity index is 844. The maximum absolute atomic E-state index is 13.8. The summed E-state index contributed by atoms with van der Waals surface area (Å²) in [6.45, 7) is 4.94. The van der Waals surface area contributed by atoms with Gasteiger partial charge in [-0.3, -0.25) is 14.7 Å². The number of fused-ring (bicyclic) bond motifs is 1. The van der Waals surface area contributed by atoms with Crippen molar-refractivity contribution < 1.29 is 13.9 Å². The summed E-state index contributed by atoms with van der Waals surface area (Å²) in [6, 6.07) is 8.62. The van der Waals surface area contributed by atoms with E-state index in [1.807, 2.05) is 23.2 Å². The van der Waals surface area contributed by atoms with Crippen molar-refractivity contribution in [1.29, 1.82) is 0 Å². The van der Waals surface area contributed by atoms with Gasteiger partial charge in [0.2, 0.25) is 5.91 Å². The van der Waals surface area contributed by atoms with E-state index >= 15 is 0 Å². The lowest BCUT2D eigenvalue weighted by Gasteiger charge is -2.29. The fourth-order valence-electron chi connectivity index (χ4n) is 4.63. The molecule has 3 heterocycles. The maximum atomic E-state index is 13.8. The standard InChI is InChI=1S/C21H24FN3O2/c1-14(26)25-12-17-11-24(10-15-6-19(27-2)9-23-8-15)13-20(17)21(25)16-4-3-5-18(22)7-16/h3-9,17,20-21H,10-13H2,1-2H3/t17-,20-,21+/m1/s1. The van der Waals surface area contributed by atoms with Crippen molar-refractivity contribution in [3.05, 3.63) is 59.7 Å². The average Bonchev–Trinajstić information content (AvgIpc) is 3.19. The number of carbonyl (C=O) groups is 1. The molecule has 4 rings (SSSR count). The van der Waals surface area contributed by atoms with E-state index in [9.17, 15) is 9.18 Å². The first-order valence-corrected chi connectivity index (χ1v) is 9.28. The number of hydrogen-bond acceptors (Lipinski definition) is 4. The number of halogens is 1. The lowest BCUT2D eigenvalue weighted by atomic mass is 9.89. The summed E-state index contributed by atoms with van der Waals surface area (Å²) in [7, 11) is 1.64. The van der Waals surface area contributed by atoms with E-state index in [0.29, 0.717) is 11.8 Å². The minimum absolute atomic E-state index is 0.0576. The SMILES string of the molecule is COc1cncc(CN2C[C@@H]3CN(C(C)=O)[C@@H](c4cccc(F)c4)[C@@H]3C2)c1. The third-order valence-corrected chi connectivity index (χ3v) is 5.75. The Morgan fingerprint density at radius 1 is 1.26 bits per heavy atom. The van der Waals surface area contributed by atoms with Crippen molar-refractivity contribution in [2.75, 3.05) is 26.7 Å². The first kappa shape index (κ1) is 17.9. The largest absolute Gasteiger partial charge is 0.495 e. The van der Waals surface area contributed by atoms with E-state index < -0.39 is 0 Å². The first-order valence-electron chi connectivity index (χ1n) is 9.28. The summed E-state index contributed by atoms with van der Waals surface area (Å²) in [5.41, 5.74) is 2.00. The van der Waals surface area contributed by atoms with Crippen LogP contribution in [0.1, 0.15) is 24.1 Å². The highest BCUT2D eigenvalue weighted by molar-refractivity contribution is 5.74. The first-order chi connectivity index (χ1) is 13.0. The Balaban J connectivity index is 1.54. The minimum atomic E-state index is -0.253. The van der Waals surface area contributed by atoms with Gasteiger partial charge in [0, 0.05) is 45.2 Å². The van der Waals surface area contributed by atoms with Crippen LogP contribution in [0.5, 0.6) is 5.75 Å². The number of amides is 1. The van der Waals surface area contributed by atoms with E-state index in [0.717, 1.165) is 43.1 Å². The Labute approximate surface area is 158 Å².